The molecule has 0 N–H and O–H groups in total. The summed E-state index contributed by atoms with van der Waals surface area (Å²) >= 11 is 0. The van der Waals surface area contributed by atoms with Gasteiger partial charge in [-0.25, -0.2) is 4.98 Å². The standard InChI is InChI=1S/C18H22N4/c1-4-12-21(13-5-1)17-10-11-19-18(20-17)22-14-6-8-15-7-2-3-9-16(15)22/h2-3,7,9-11H,1,4-6,8,12-14H2. The van der Waals surface area contributed by atoms with Crippen molar-refractivity contribution in [2.24, 2.45) is 0 Å². The first-order valence-corrected chi connectivity index (χ1v) is 8.35. The van der Waals surface area contributed by atoms with Crippen molar-refractivity contribution in [3.63, 3.8) is 0 Å². The summed E-state index contributed by atoms with van der Waals surface area (Å²) in [4.78, 5) is 14.1. The lowest BCUT2D eigenvalue weighted by Gasteiger charge is -2.31. The maximum atomic E-state index is 4.86. The number of hydrogen-bond donors (Lipinski definition) is 0. The summed E-state index contributed by atoms with van der Waals surface area (Å²) in [6.07, 6.45) is 8.10. The zero-order valence-electron chi connectivity index (χ0n) is 12.9. The highest BCUT2D eigenvalue weighted by molar-refractivity contribution is 5.64. The number of rotatable bonds is 2. The van der Waals surface area contributed by atoms with Crippen molar-refractivity contribution < 1.29 is 0 Å². The number of anilines is 3. The third kappa shape index (κ3) is 2.54. The number of fused-ring (bicyclic) bond motifs is 1. The highest BCUT2D eigenvalue weighted by Crippen LogP contribution is 2.32. The molecule has 0 saturated carbocycles. The topological polar surface area (TPSA) is 32.3 Å². The Labute approximate surface area is 131 Å². The molecular formula is C18H22N4. The van der Waals surface area contributed by atoms with Crippen LogP contribution in [0.2, 0.25) is 0 Å². The van der Waals surface area contributed by atoms with Crippen LogP contribution in [-0.4, -0.2) is 29.6 Å². The number of hydrogen-bond acceptors (Lipinski definition) is 4. The van der Waals surface area contributed by atoms with Crippen LogP contribution >= 0.6 is 0 Å². The predicted molar refractivity (Wildman–Crippen MR) is 89.9 cm³/mol. The summed E-state index contributed by atoms with van der Waals surface area (Å²) in [7, 11) is 0. The minimum absolute atomic E-state index is 0.843. The second kappa shape index (κ2) is 5.95. The molecule has 0 atom stereocenters. The smallest absolute Gasteiger partial charge is 0.231 e. The molecule has 1 saturated heterocycles. The molecule has 0 spiro atoms. The van der Waals surface area contributed by atoms with Gasteiger partial charge in [-0.1, -0.05) is 18.2 Å². The fourth-order valence-corrected chi connectivity index (χ4v) is 3.51. The minimum Gasteiger partial charge on any atom is -0.356 e. The summed E-state index contributed by atoms with van der Waals surface area (Å²) < 4.78 is 0. The van der Waals surface area contributed by atoms with Crippen molar-refractivity contribution >= 4 is 17.5 Å². The highest BCUT2D eigenvalue weighted by atomic mass is 15.3. The van der Waals surface area contributed by atoms with E-state index < -0.39 is 0 Å². The van der Waals surface area contributed by atoms with Crippen molar-refractivity contribution in [3.8, 4) is 0 Å². The first-order valence-electron chi connectivity index (χ1n) is 8.35. The van der Waals surface area contributed by atoms with E-state index >= 15 is 0 Å². The number of benzene rings is 1. The van der Waals surface area contributed by atoms with Crippen LogP contribution in [0.25, 0.3) is 0 Å². The first kappa shape index (κ1) is 13.6. The Balaban J connectivity index is 1.66. The van der Waals surface area contributed by atoms with E-state index in [1.54, 1.807) is 0 Å². The number of aryl methyl sites for hydroxylation is 1. The summed E-state index contributed by atoms with van der Waals surface area (Å²) in [5.41, 5.74) is 2.67. The highest BCUT2D eigenvalue weighted by Gasteiger charge is 2.21. The van der Waals surface area contributed by atoms with E-state index in [9.17, 15) is 0 Å². The average molecular weight is 294 g/mol. The zero-order valence-corrected chi connectivity index (χ0v) is 12.9. The summed E-state index contributed by atoms with van der Waals surface area (Å²) in [6.45, 7) is 3.24. The molecule has 2 aliphatic rings. The molecule has 22 heavy (non-hydrogen) atoms. The third-order valence-corrected chi connectivity index (χ3v) is 4.66. The van der Waals surface area contributed by atoms with Crippen LogP contribution in [0.4, 0.5) is 17.5 Å². The van der Waals surface area contributed by atoms with Gasteiger partial charge in [-0.2, -0.15) is 4.98 Å². The summed E-state index contributed by atoms with van der Waals surface area (Å²) in [6, 6.07) is 10.7. The van der Waals surface area contributed by atoms with Gasteiger partial charge in [0.05, 0.1) is 0 Å². The van der Waals surface area contributed by atoms with Gasteiger partial charge in [0.1, 0.15) is 5.82 Å². The molecule has 1 aromatic heterocycles. The maximum absolute atomic E-state index is 4.86. The number of piperidine rings is 1. The Morgan fingerprint density at radius 1 is 0.864 bits per heavy atom. The fourth-order valence-electron chi connectivity index (χ4n) is 3.51. The molecule has 4 nitrogen and oxygen atoms in total. The van der Waals surface area contributed by atoms with Crippen LogP contribution in [0.3, 0.4) is 0 Å². The van der Waals surface area contributed by atoms with Crippen molar-refractivity contribution in [2.75, 3.05) is 29.4 Å². The van der Waals surface area contributed by atoms with E-state index in [0.717, 1.165) is 44.2 Å². The Morgan fingerprint density at radius 2 is 1.73 bits per heavy atom. The van der Waals surface area contributed by atoms with Crippen LogP contribution in [0, 0.1) is 0 Å². The molecule has 2 aromatic rings. The molecule has 0 amide bonds. The minimum atomic E-state index is 0.843. The monoisotopic (exact) mass is 294 g/mol. The lowest BCUT2D eigenvalue weighted by molar-refractivity contribution is 0.573. The van der Waals surface area contributed by atoms with E-state index in [1.807, 2.05) is 12.3 Å². The molecule has 4 rings (SSSR count). The van der Waals surface area contributed by atoms with Gasteiger partial charge < -0.3 is 9.80 Å². The largest absolute Gasteiger partial charge is 0.356 e. The molecule has 0 unspecified atom stereocenters. The molecule has 1 aromatic carbocycles. The molecule has 114 valence electrons. The molecular weight excluding hydrogens is 272 g/mol. The van der Waals surface area contributed by atoms with E-state index in [2.05, 4.69) is 39.0 Å². The number of nitrogens with zero attached hydrogens (tertiary/aromatic N) is 4. The molecule has 0 bridgehead atoms. The van der Waals surface area contributed by atoms with Crippen molar-refractivity contribution in [1.82, 2.24) is 9.97 Å². The van der Waals surface area contributed by atoms with Crippen LogP contribution in [0.15, 0.2) is 36.5 Å². The predicted octanol–water partition coefficient (Wildman–Crippen LogP) is 3.55. The van der Waals surface area contributed by atoms with Crippen molar-refractivity contribution in [1.29, 1.82) is 0 Å². The van der Waals surface area contributed by atoms with Gasteiger partial charge in [0.15, 0.2) is 0 Å². The molecule has 0 aliphatic carbocycles. The Hall–Kier alpha value is -2.10. The molecule has 1 fully saturated rings. The van der Waals surface area contributed by atoms with Gasteiger partial charge in [-0.3, -0.25) is 0 Å². The fraction of sp³-hybridized carbons (Fsp3) is 0.444. The molecule has 2 aliphatic heterocycles. The lowest BCUT2D eigenvalue weighted by atomic mass is 10.0. The van der Waals surface area contributed by atoms with E-state index in [0.29, 0.717) is 0 Å². The van der Waals surface area contributed by atoms with Crippen LogP contribution in [0.5, 0.6) is 0 Å². The second-order valence-corrected chi connectivity index (χ2v) is 6.15. The van der Waals surface area contributed by atoms with Gasteiger partial charge in [-0.15, -0.1) is 0 Å². The van der Waals surface area contributed by atoms with Gasteiger partial charge in [0, 0.05) is 31.5 Å². The van der Waals surface area contributed by atoms with Crippen LogP contribution in [-0.2, 0) is 6.42 Å². The summed E-state index contributed by atoms with van der Waals surface area (Å²) in [5, 5.41) is 0. The van der Waals surface area contributed by atoms with Crippen molar-refractivity contribution in [3.05, 3.63) is 42.1 Å². The Morgan fingerprint density at radius 3 is 2.64 bits per heavy atom. The third-order valence-electron chi connectivity index (χ3n) is 4.66. The quantitative estimate of drug-likeness (QED) is 0.848. The van der Waals surface area contributed by atoms with E-state index in [4.69, 9.17) is 4.98 Å². The molecule has 3 heterocycles. The second-order valence-electron chi connectivity index (χ2n) is 6.15. The molecule has 0 radical (unpaired) electrons. The average Bonchev–Trinajstić information content (AvgIpc) is 2.62. The lowest BCUT2D eigenvalue weighted by Crippen LogP contribution is -2.31. The van der Waals surface area contributed by atoms with Gasteiger partial charge in [0.25, 0.3) is 0 Å². The van der Waals surface area contributed by atoms with Crippen LogP contribution < -0.4 is 9.80 Å². The molecule has 4 heteroatoms. The Kier molecular flexibility index (Phi) is 3.67. The SMILES string of the molecule is c1ccc2c(c1)CCCN2c1nccc(N2CCCCC2)n1. The van der Waals surface area contributed by atoms with Gasteiger partial charge >= 0.3 is 0 Å². The van der Waals surface area contributed by atoms with Gasteiger partial charge in [-0.05, 0) is 49.8 Å². The van der Waals surface area contributed by atoms with E-state index in [-0.39, 0.29) is 0 Å². The zero-order chi connectivity index (χ0) is 14.8. The first-order chi connectivity index (χ1) is 10.9. The van der Waals surface area contributed by atoms with Crippen molar-refractivity contribution in [2.45, 2.75) is 32.1 Å². The van der Waals surface area contributed by atoms with Gasteiger partial charge in [0.2, 0.25) is 5.95 Å². The summed E-state index contributed by atoms with van der Waals surface area (Å²) in [5.74, 6) is 1.92. The number of aromatic nitrogens is 2. The Bertz CT molecular complexity index is 649. The van der Waals surface area contributed by atoms with Crippen LogP contribution in [0.1, 0.15) is 31.2 Å². The van der Waals surface area contributed by atoms with E-state index in [1.165, 1.54) is 30.5 Å². The normalized spacial score (nSPS) is 18.2. The number of para-hydroxylation sites is 1. The maximum Gasteiger partial charge on any atom is 0.231 e.